The van der Waals surface area contributed by atoms with Crippen molar-refractivity contribution in [3.05, 3.63) is 85.1 Å². The van der Waals surface area contributed by atoms with Crippen molar-refractivity contribution in [3.63, 3.8) is 0 Å². The van der Waals surface area contributed by atoms with E-state index in [9.17, 15) is 14.7 Å². The minimum absolute atomic E-state index is 0.0977. The fourth-order valence-corrected chi connectivity index (χ4v) is 4.79. The van der Waals surface area contributed by atoms with Crippen molar-refractivity contribution in [2.75, 3.05) is 13.2 Å². The second kappa shape index (κ2) is 38.5. The maximum Gasteiger partial charge on any atom is 0.306 e. The van der Waals surface area contributed by atoms with Gasteiger partial charge in [-0.15, -0.1) is 0 Å². The summed E-state index contributed by atoms with van der Waals surface area (Å²) in [4.78, 5) is 24.2. The van der Waals surface area contributed by atoms with Crippen molar-refractivity contribution >= 4 is 11.9 Å². The zero-order valence-corrected chi connectivity index (χ0v) is 30.7. The molecule has 5 nitrogen and oxygen atoms in total. The van der Waals surface area contributed by atoms with Crippen LogP contribution >= 0.6 is 0 Å². The van der Waals surface area contributed by atoms with E-state index in [1.54, 1.807) is 0 Å². The van der Waals surface area contributed by atoms with E-state index in [0.29, 0.717) is 12.8 Å². The van der Waals surface area contributed by atoms with Crippen LogP contribution in [0, 0.1) is 0 Å². The molecular formula is C43H70O5. The second-order valence-electron chi connectivity index (χ2n) is 12.3. The summed E-state index contributed by atoms with van der Waals surface area (Å²) < 4.78 is 10.5. The molecule has 1 atom stereocenters. The molecule has 1 N–H and O–H groups in total. The number of esters is 2. The highest BCUT2D eigenvalue weighted by atomic mass is 16.6. The standard InChI is InChI=1S/C43H70O5/c1-3-5-7-9-11-13-15-17-19-21-23-25-27-29-31-33-35-37-42(45)47-40-41(39-44)48-43(46)38-36-34-32-30-28-26-24-22-20-18-16-14-12-10-8-6-4-2/h6,8,11-14,17-20,24,26,30,32,41,44H,3-5,7,9-10,15-16,21-23,25,27-29,31,33-40H2,1-2H3/b8-6+,13-11+,14-12+,19-17+,20-18+,26-24+,32-30+/t41-/m0/s1. The van der Waals surface area contributed by atoms with E-state index in [2.05, 4.69) is 98.9 Å². The highest BCUT2D eigenvalue weighted by molar-refractivity contribution is 5.70. The number of carbonyl (C=O) groups excluding carboxylic acids is 2. The Kier molecular flexibility index (Phi) is 36.2. The number of allylic oxidation sites excluding steroid dienone is 14. The van der Waals surface area contributed by atoms with Crippen molar-refractivity contribution < 1.29 is 24.2 Å². The van der Waals surface area contributed by atoms with Crippen molar-refractivity contribution in [1.29, 1.82) is 0 Å². The van der Waals surface area contributed by atoms with Gasteiger partial charge in [0.2, 0.25) is 0 Å². The van der Waals surface area contributed by atoms with Gasteiger partial charge in [-0.05, 0) is 83.5 Å². The highest BCUT2D eigenvalue weighted by Crippen LogP contribution is 2.11. The average molecular weight is 667 g/mol. The lowest BCUT2D eigenvalue weighted by molar-refractivity contribution is -0.161. The largest absolute Gasteiger partial charge is 0.462 e. The molecular weight excluding hydrogens is 596 g/mol. The molecule has 0 aromatic heterocycles. The first-order valence-corrected chi connectivity index (χ1v) is 19.1. The molecule has 272 valence electrons. The van der Waals surface area contributed by atoms with Gasteiger partial charge in [0, 0.05) is 12.8 Å². The third-order valence-corrected chi connectivity index (χ3v) is 7.67. The van der Waals surface area contributed by atoms with Crippen LogP contribution in [-0.2, 0) is 19.1 Å². The number of carbonyl (C=O) groups is 2. The number of hydrogen-bond donors (Lipinski definition) is 1. The Balaban J connectivity index is 3.70. The van der Waals surface area contributed by atoms with Crippen LogP contribution in [0.3, 0.4) is 0 Å². The fourth-order valence-electron chi connectivity index (χ4n) is 4.79. The smallest absolute Gasteiger partial charge is 0.306 e. The Labute approximate surface area is 295 Å². The molecule has 0 unspecified atom stereocenters. The van der Waals surface area contributed by atoms with E-state index in [4.69, 9.17) is 9.47 Å². The van der Waals surface area contributed by atoms with Crippen molar-refractivity contribution in [2.24, 2.45) is 0 Å². The lowest BCUT2D eigenvalue weighted by atomic mass is 10.1. The minimum atomic E-state index is -0.808. The average Bonchev–Trinajstić information content (AvgIpc) is 3.09. The molecule has 0 rings (SSSR count). The van der Waals surface area contributed by atoms with Gasteiger partial charge in [-0.1, -0.05) is 144 Å². The quantitative estimate of drug-likeness (QED) is 0.0429. The highest BCUT2D eigenvalue weighted by Gasteiger charge is 2.15. The van der Waals surface area contributed by atoms with Crippen LogP contribution in [0.4, 0.5) is 0 Å². The maximum absolute atomic E-state index is 12.1. The van der Waals surface area contributed by atoms with Crippen molar-refractivity contribution in [3.8, 4) is 0 Å². The molecule has 0 aliphatic heterocycles. The first-order chi connectivity index (χ1) is 23.6. The summed E-state index contributed by atoms with van der Waals surface area (Å²) in [5.41, 5.74) is 0. The molecule has 0 radical (unpaired) electrons. The lowest BCUT2D eigenvalue weighted by Gasteiger charge is -2.15. The minimum Gasteiger partial charge on any atom is -0.462 e. The molecule has 0 aromatic rings. The van der Waals surface area contributed by atoms with Crippen LogP contribution in [0.5, 0.6) is 0 Å². The Morgan fingerprint density at radius 3 is 1.42 bits per heavy atom. The van der Waals surface area contributed by atoms with E-state index in [1.165, 1.54) is 51.4 Å². The maximum atomic E-state index is 12.1. The summed E-state index contributed by atoms with van der Waals surface area (Å²) >= 11 is 0. The van der Waals surface area contributed by atoms with Gasteiger partial charge in [-0.3, -0.25) is 9.59 Å². The van der Waals surface area contributed by atoms with E-state index >= 15 is 0 Å². The Hall–Kier alpha value is -2.92. The van der Waals surface area contributed by atoms with Crippen LogP contribution < -0.4 is 0 Å². The first kappa shape index (κ1) is 45.1. The van der Waals surface area contributed by atoms with Gasteiger partial charge in [0.05, 0.1) is 6.61 Å². The molecule has 5 heteroatoms. The van der Waals surface area contributed by atoms with E-state index < -0.39 is 6.10 Å². The van der Waals surface area contributed by atoms with Crippen molar-refractivity contribution in [2.45, 2.75) is 161 Å². The third kappa shape index (κ3) is 35.9. The Bertz CT molecular complexity index is 937. The Morgan fingerprint density at radius 2 is 0.917 bits per heavy atom. The lowest BCUT2D eigenvalue weighted by Crippen LogP contribution is -2.28. The van der Waals surface area contributed by atoms with Gasteiger partial charge >= 0.3 is 11.9 Å². The van der Waals surface area contributed by atoms with Crippen molar-refractivity contribution in [1.82, 2.24) is 0 Å². The molecule has 0 saturated carbocycles. The topological polar surface area (TPSA) is 72.8 Å². The van der Waals surface area contributed by atoms with Gasteiger partial charge in [-0.2, -0.15) is 0 Å². The molecule has 0 amide bonds. The normalized spacial score (nSPS) is 13.1. The molecule has 0 fully saturated rings. The third-order valence-electron chi connectivity index (χ3n) is 7.67. The molecule has 0 saturated heterocycles. The van der Waals surface area contributed by atoms with Gasteiger partial charge in [0.15, 0.2) is 6.10 Å². The summed E-state index contributed by atoms with van der Waals surface area (Å²) in [6, 6.07) is 0. The number of aliphatic hydroxyl groups excluding tert-OH is 1. The zero-order valence-electron chi connectivity index (χ0n) is 30.7. The number of rotatable bonds is 33. The molecule has 0 aliphatic carbocycles. The summed E-state index contributed by atoms with van der Waals surface area (Å²) in [6.45, 7) is 3.92. The molecule has 0 bridgehead atoms. The van der Waals surface area contributed by atoms with Gasteiger partial charge < -0.3 is 14.6 Å². The summed E-state index contributed by atoms with van der Waals surface area (Å²) in [6.07, 6.45) is 52.1. The first-order valence-electron chi connectivity index (χ1n) is 19.1. The van der Waals surface area contributed by atoms with Crippen LogP contribution in [0.2, 0.25) is 0 Å². The predicted octanol–water partition coefficient (Wildman–Crippen LogP) is 11.9. The molecule has 0 aliphatic rings. The number of ether oxygens (including phenoxy) is 2. The summed E-state index contributed by atoms with van der Waals surface area (Å²) in [5, 5.41) is 9.54. The molecule has 0 heterocycles. The summed E-state index contributed by atoms with van der Waals surface area (Å²) in [5.74, 6) is -0.677. The molecule has 0 aromatic carbocycles. The summed E-state index contributed by atoms with van der Waals surface area (Å²) in [7, 11) is 0. The molecule has 0 spiro atoms. The number of hydrogen-bond acceptors (Lipinski definition) is 5. The second-order valence-corrected chi connectivity index (χ2v) is 12.3. The van der Waals surface area contributed by atoms with E-state index in [0.717, 1.165) is 70.6 Å². The SMILES string of the molecule is CC/C=C/C/C=C/C/C=C/C/C=C/C/C=C/CCCC(=O)O[C@@H](CO)COC(=O)CCCCCCCCC/C=C/C/C=C/CCCCC. The van der Waals surface area contributed by atoms with Gasteiger partial charge in [-0.25, -0.2) is 0 Å². The predicted molar refractivity (Wildman–Crippen MR) is 205 cm³/mol. The van der Waals surface area contributed by atoms with Crippen LogP contribution in [0.25, 0.3) is 0 Å². The van der Waals surface area contributed by atoms with Gasteiger partial charge in [0.1, 0.15) is 6.61 Å². The number of aliphatic hydroxyl groups is 1. The van der Waals surface area contributed by atoms with Gasteiger partial charge in [0.25, 0.3) is 0 Å². The number of unbranched alkanes of at least 4 members (excludes halogenated alkanes) is 11. The Morgan fingerprint density at radius 1 is 0.500 bits per heavy atom. The monoisotopic (exact) mass is 667 g/mol. The van der Waals surface area contributed by atoms with E-state index in [-0.39, 0.29) is 31.6 Å². The fraction of sp³-hybridized carbons (Fsp3) is 0.628. The van der Waals surface area contributed by atoms with Crippen LogP contribution in [-0.4, -0.2) is 36.4 Å². The van der Waals surface area contributed by atoms with E-state index in [1.807, 2.05) is 0 Å². The van der Waals surface area contributed by atoms with Crippen LogP contribution in [0.1, 0.15) is 155 Å². The zero-order chi connectivity index (χ0) is 35.0. The van der Waals surface area contributed by atoms with Crippen LogP contribution in [0.15, 0.2) is 85.1 Å². The molecule has 48 heavy (non-hydrogen) atoms.